The molecule has 2 aliphatic heterocycles. The minimum absolute atomic E-state index is 0.00996. The third-order valence-electron chi connectivity index (χ3n) is 17.4. The highest BCUT2D eigenvalue weighted by Gasteiger charge is 2.50. The van der Waals surface area contributed by atoms with E-state index in [0.717, 1.165) is 30.1 Å². The van der Waals surface area contributed by atoms with Crippen molar-refractivity contribution in [1.29, 1.82) is 0 Å². The molecule has 1 unspecified atom stereocenters. The molecule has 0 radical (unpaired) electrons. The summed E-state index contributed by atoms with van der Waals surface area (Å²) in [5.41, 5.74) is 21.5. The Morgan fingerprint density at radius 3 is 1.92 bits per heavy atom. The number of hydrogen-bond donors (Lipinski definition) is 0. The maximum Gasteiger partial charge on any atom is 0.253 e. The van der Waals surface area contributed by atoms with Crippen molar-refractivity contribution in [3.05, 3.63) is 144 Å². The topological polar surface area (TPSA) is 9.86 Å². The fourth-order valence-corrected chi connectivity index (χ4v) is 14.8. The minimum Gasteiger partial charge on any atom is -0.311 e. The maximum atomic E-state index is 2.80. The molecule has 0 saturated heterocycles. The zero-order chi connectivity index (χ0) is 42.3. The lowest BCUT2D eigenvalue weighted by molar-refractivity contribution is -0.00276. The second kappa shape index (κ2) is 12.6. The molecule has 8 aromatic rings. The van der Waals surface area contributed by atoms with E-state index in [2.05, 4.69) is 178 Å². The van der Waals surface area contributed by atoms with Gasteiger partial charge in [-0.25, -0.2) is 0 Å². The molecule has 7 aliphatic rings. The number of hydrogen-bond acceptors (Lipinski definition) is 0. The van der Waals surface area contributed by atoms with Gasteiger partial charge in [0, 0.05) is 38.9 Å². The van der Waals surface area contributed by atoms with E-state index in [1.165, 1.54) is 126 Å². The van der Waals surface area contributed by atoms with Crippen molar-refractivity contribution in [1.82, 2.24) is 9.13 Å². The largest absolute Gasteiger partial charge is 0.311 e. The third kappa shape index (κ3) is 5.03. The fraction of sp³-hybridized carbons (Fsp3) is 0.333. The predicted octanol–water partition coefficient (Wildman–Crippen LogP) is 13.3. The van der Waals surface area contributed by atoms with Gasteiger partial charge in [-0.15, -0.1) is 0 Å². The van der Waals surface area contributed by atoms with Crippen LogP contribution in [0.5, 0.6) is 0 Å². The molecule has 6 aromatic carbocycles. The van der Waals surface area contributed by atoms with Crippen LogP contribution in [0.1, 0.15) is 102 Å². The highest BCUT2D eigenvalue weighted by molar-refractivity contribution is 7.01. The molecule has 4 saturated carbocycles. The van der Waals surface area contributed by atoms with Gasteiger partial charge >= 0.3 is 0 Å². The predicted molar refractivity (Wildman–Crippen MR) is 267 cm³/mol. The molecular weight excluding hydrogens is 759 g/mol. The van der Waals surface area contributed by atoms with Crippen molar-refractivity contribution in [3.8, 4) is 33.8 Å². The Morgan fingerprint density at radius 1 is 0.587 bits per heavy atom. The first kappa shape index (κ1) is 36.9. The van der Waals surface area contributed by atoms with Crippen molar-refractivity contribution in [2.24, 2.45) is 35.0 Å². The van der Waals surface area contributed by atoms with Gasteiger partial charge in [-0.05, 0) is 170 Å². The van der Waals surface area contributed by atoms with Crippen LogP contribution >= 0.6 is 0 Å². The Balaban J connectivity index is 1.19. The minimum atomic E-state index is -0.00996. The van der Waals surface area contributed by atoms with Gasteiger partial charge < -0.3 is 9.13 Å². The number of nitrogens with zero attached hydrogens (tertiary/aromatic N) is 2. The Kier molecular flexibility index (Phi) is 7.37. The summed E-state index contributed by atoms with van der Waals surface area (Å²) in [5, 5.41) is 5.54. The van der Waals surface area contributed by atoms with Crippen LogP contribution in [0.2, 0.25) is 0 Å². The van der Waals surface area contributed by atoms with Gasteiger partial charge in [0.15, 0.2) is 0 Å². The lowest BCUT2D eigenvalue weighted by Gasteiger charge is -2.55. The Labute approximate surface area is 373 Å². The molecule has 3 heteroatoms. The van der Waals surface area contributed by atoms with E-state index in [4.69, 9.17) is 0 Å². The molecule has 1 atom stereocenters. The Morgan fingerprint density at radius 2 is 1.24 bits per heavy atom. The van der Waals surface area contributed by atoms with Crippen molar-refractivity contribution in [2.75, 3.05) is 0 Å². The summed E-state index contributed by atoms with van der Waals surface area (Å²) >= 11 is 0. The number of fused-ring (bicyclic) bond motifs is 9. The summed E-state index contributed by atoms with van der Waals surface area (Å²) in [6.45, 7) is 14.6. The van der Waals surface area contributed by atoms with Crippen molar-refractivity contribution in [2.45, 2.75) is 91.4 Å². The van der Waals surface area contributed by atoms with E-state index in [1.807, 2.05) is 0 Å². The third-order valence-corrected chi connectivity index (χ3v) is 17.4. The second-order valence-electron chi connectivity index (χ2n) is 23.0. The molecular formula is C60H57BN2. The first-order chi connectivity index (χ1) is 30.5. The van der Waals surface area contributed by atoms with Crippen LogP contribution in [0.25, 0.3) is 72.4 Å². The summed E-state index contributed by atoms with van der Waals surface area (Å²) in [4.78, 5) is 0. The molecule has 5 aliphatic carbocycles. The number of rotatable bonds is 3. The maximum absolute atomic E-state index is 2.80. The molecule has 15 rings (SSSR count). The average Bonchev–Trinajstić information content (AvgIpc) is 3.79. The first-order valence-corrected chi connectivity index (χ1v) is 24.3. The summed E-state index contributed by atoms with van der Waals surface area (Å²) in [6, 6.07) is 45.3. The number of benzene rings is 6. The molecule has 4 bridgehead atoms. The van der Waals surface area contributed by atoms with Crippen molar-refractivity contribution in [3.63, 3.8) is 0 Å². The van der Waals surface area contributed by atoms with Crippen LogP contribution in [0.15, 0.2) is 121 Å². The summed E-state index contributed by atoms with van der Waals surface area (Å²) < 4.78 is 5.59. The molecule has 63 heavy (non-hydrogen) atoms. The van der Waals surface area contributed by atoms with Crippen molar-refractivity contribution >= 4 is 61.8 Å². The highest BCUT2D eigenvalue weighted by atomic mass is 15.0. The average molecular weight is 817 g/mol. The van der Waals surface area contributed by atoms with Gasteiger partial charge in [0.05, 0.1) is 11.2 Å². The first-order valence-electron chi connectivity index (χ1n) is 24.3. The van der Waals surface area contributed by atoms with Crippen LogP contribution in [0.4, 0.5) is 0 Å². The van der Waals surface area contributed by atoms with Crippen LogP contribution in [0, 0.1) is 35.0 Å². The molecule has 310 valence electrons. The van der Waals surface area contributed by atoms with Crippen LogP contribution in [0.3, 0.4) is 0 Å². The van der Waals surface area contributed by atoms with Crippen molar-refractivity contribution < 1.29 is 0 Å². The molecule has 0 spiro atoms. The zero-order valence-corrected chi connectivity index (χ0v) is 37.8. The lowest BCUT2D eigenvalue weighted by Crippen LogP contribution is -2.60. The van der Waals surface area contributed by atoms with E-state index in [0.29, 0.717) is 11.8 Å². The zero-order valence-electron chi connectivity index (χ0n) is 37.8. The molecule has 2 aromatic heterocycles. The van der Waals surface area contributed by atoms with Crippen LogP contribution in [-0.2, 0) is 11.8 Å². The smallest absolute Gasteiger partial charge is 0.253 e. The molecule has 0 amide bonds. The van der Waals surface area contributed by atoms with Gasteiger partial charge in [0.2, 0.25) is 0 Å². The van der Waals surface area contributed by atoms with Gasteiger partial charge in [-0.3, -0.25) is 0 Å². The Hall–Kier alpha value is -5.54. The van der Waals surface area contributed by atoms with Crippen LogP contribution in [-0.4, -0.2) is 15.8 Å². The normalized spacial score (nSPS) is 23.9. The lowest BCUT2D eigenvalue weighted by atomic mass is 9.33. The fourth-order valence-electron chi connectivity index (χ4n) is 14.8. The van der Waals surface area contributed by atoms with E-state index in [-0.39, 0.29) is 17.5 Å². The summed E-state index contributed by atoms with van der Waals surface area (Å²) in [7, 11) is 0. The number of allylic oxidation sites excluding steroid dienone is 1. The van der Waals surface area contributed by atoms with E-state index >= 15 is 0 Å². The van der Waals surface area contributed by atoms with Gasteiger partial charge in [-0.2, -0.15) is 0 Å². The molecule has 2 nitrogen and oxygen atoms in total. The van der Waals surface area contributed by atoms with E-state index in [1.54, 1.807) is 11.1 Å². The molecule has 4 heterocycles. The van der Waals surface area contributed by atoms with Crippen LogP contribution < -0.4 is 16.4 Å². The monoisotopic (exact) mass is 816 g/mol. The summed E-state index contributed by atoms with van der Waals surface area (Å²) in [6.07, 6.45) is 13.3. The quantitative estimate of drug-likeness (QED) is 0.157. The Bertz CT molecular complexity index is 3260. The van der Waals surface area contributed by atoms with Gasteiger partial charge in [-0.1, -0.05) is 139 Å². The highest BCUT2D eigenvalue weighted by Crippen LogP contribution is 2.60. The number of aromatic nitrogens is 2. The van der Waals surface area contributed by atoms with E-state index < -0.39 is 0 Å². The van der Waals surface area contributed by atoms with E-state index in [9.17, 15) is 0 Å². The second-order valence-corrected chi connectivity index (χ2v) is 23.0. The standard InChI is InChI=1S/C60H57BN2/c1-59(2,3)42-21-22-49-45(31-42)46-32-43(60(4,5)6)33-48-57(46)62(49)50-29-41(52-39-24-34-23-35(26-39)27-40(52)25-34)30-51-55(50)61(48)54-44-20-14-13-19-38(44)28-47-53(36-15-9-7-10-16-36)56(63(51)58(47)54)37-17-11-8-12-18-37/h7-22,28-30,32-35,39-40,42,52H,23-27,31H2,1-6H3. The molecule has 0 N–H and O–H groups in total. The SMILES string of the molecule is CC(C)(C)c1cc2c3c(c1)c1c(n3-c3cc(C4C5CC6CC(C5)CC4C6)cc4c3B2c2c3ccccc3cc3c(-c5ccccc5)c(-c5ccccc5)n-4c23)C=CC(C(C)(C)C)C1. The summed E-state index contributed by atoms with van der Waals surface area (Å²) in [5.74, 6) is 4.55. The van der Waals surface area contributed by atoms with Gasteiger partial charge in [0.25, 0.3) is 6.71 Å². The van der Waals surface area contributed by atoms with Gasteiger partial charge in [0.1, 0.15) is 0 Å². The molecule has 4 fully saturated rings.